The zero-order valence-corrected chi connectivity index (χ0v) is 17.4. The molecule has 144 valence electrons. The first-order chi connectivity index (χ1) is 13.3. The SMILES string of the molecule is C=Cc1ccc2c(c1)C(CCCCCC)(CCCCCC)c1ccccc1-2. The van der Waals surface area contributed by atoms with Crippen LogP contribution in [0.2, 0.25) is 0 Å². The molecule has 1 aliphatic rings. The molecule has 0 amide bonds. The van der Waals surface area contributed by atoms with E-state index in [-0.39, 0.29) is 5.41 Å². The van der Waals surface area contributed by atoms with Gasteiger partial charge in [-0.15, -0.1) is 0 Å². The van der Waals surface area contributed by atoms with Gasteiger partial charge in [0.05, 0.1) is 0 Å². The van der Waals surface area contributed by atoms with Crippen LogP contribution in [0.25, 0.3) is 17.2 Å². The molecule has 0 saturated heterocycles. The summed E-state index contributed by atoms with van der Waals surface area (Å²) < 4.78 is 0. The van der Waals surface area contributed by atoms with Crippen LogP contribution in [-0.4, -0.2) is 0 Å². The van der Waals surface area contributed by atoms with Gasteiger partial charge >= 0.3 is 0 Å². The lowest BCUT2D eigenvalue weighted by atomic mass is 9.70. The lowest BCUT2D eigenvalue weighted by Gasteiger charge is -2.33. The van der Waals surface area contributed by atoms with Crippen LogP contribution in [0.1, 0.15) is 94.7 Å². The van der Waals surface area contributed by atoms with Crippen molar-refractivity contribution in [2.24, 2.45) is 0 Å². The summed E-state index contributed by atoms with van der Waals surface area (Å²) in [4.78, 5) is 0. The van der Waals surface area contributed by atoms with Crippen molar-refractivity contribution < 1.29 is 0 Å². The summed E-state index contributed by atoms with van der Waals surface area (Å²) in [6.45, 7) is 8.63. The average Bonchev–Trinajstić information content (AvgIpc) is 2.98. The Morgan fingerprint density at radius 2 is 1.37 bits per heavy atom. The molecule has 0 saturated carbocycles. The Bertz CT molecular complexity index is 740. The van der Waals surface area contributed by atoms with E-state index in [0.717, 1.165) is 0 Å². The molecule has 0 aromatic heterocycles. The Morgan fingerprint density at radius 3 is 2.00 bits per heavy atom. The second kappa shape index (κ2) is 9.40. The molecular formula is C27H36. The van der Waals surface area contributed by atoms with Crippen molar-refractivity contribution in [3.63, 3.8) is 0 Å². The monoisotopic (exact) mass is 360 g/mol. The number of hydrogen-bond donors (Lipinski definition) is 0. The highest BCUT2D eigenvalue weighted by Crippen LogP contribution is 2.54. The lowest BCUT2D eigenvalue weighted by molar-refractivity contribution is 0.401. The van der Waals surface area contributed by atoms with Crippen LogP contribution in [0.4, 0.5) is 0 Å². The first kappa shape index (κ1) is 19.9. The fourth-order valence-corrected chi connectivity index (χ4v) is 4.97. The van der Waals surface area contributed by atoms with Crippen LogP contribution in [0.5, 0.6) is 0 Å². The zero-order valence-electron chi connectivity index (χ0n) is 17.4. The predicted molar refractivity (Wildman–Crippen MR) is 120 cm³/mol. The first-order valence-electron chi connectivity index (χ1n) is 11.1. The van der Waals surface area contributed by atoms with E-state index in [0.29, 0.717) is 0 Å². The van der Waals surface area contributed by atoms with E-state index in [1.165, 1.54) is 80.9 Å². The van der Waals surface area contributed by atoms with E-state index in [1.54, 1.807) is 11.1 Å². The summed E-state index contributed by atoms with van der Waals surface area (Å²) in [5, 5.41) is 0. The largest absolute Gasteiger partial charge is 0.0985 e. The third-order valence-electron chi connectivity index (χ3n) is 6.44. The fraction of sp³-hybridized carbons (Fsp3) is 0.481. The van der Waals surface area contributed by atoms with Crippen molar-refractivity contribution in [2.45, 2.75) is 83.5 Å². The van der Waals surface area contributed by atoms with E-state index in [9.17, 15) is 0 Å². The number of hydrogen-bond acceptors (Lipinski definition) is 0. The second-order valence-corrected chi connectivity index (χ2v) is 8.26. The number of benzene rings is 2. The van der Waals surface area contributed by atoms with Gasteiger partial charge in [-0.2, -0.15) is 0 Å². The highest BCUT2D eigenvalue weighted by molar-refractivity contribution is 5.82. The van der Waals surface area contributed by atoms with E-state index in [4.69, 9.17) is 0 Å². The number of fused-ring (bicyclic) bond motifs is 3. The lowest BCUT2D eigenvalue weighted by Crippen LogP contribution is -2.25. The molecule has 0 nitrogen and oxygen atoms in total. The summed E-state index contributed by atoms with van der Waals surface area (Å²) >= 11 is 0. The molecule has 3 rings (SSSR count). The van der Waals surface area contributed by atoms with E-state index in [2.05, 4.69) is 62.9 Å². The summed E-state index contributed by atoms with van der Waals surface area (Å²) in [6, 6.07) is 16.2. The van der Waals surface area contributed by atoms with Crippen LogP contribution < -0.4 is 0 Å². The van der Waals surface area contributed by atoms with Crippen molar-refractivity contribution in [2.75, 3.05) is 0 Å². The van der Waals surface area contributed by atoms with Crippen molar-refractivity contribution in [3.05, 3.63) is 65.7 Å². The molecule has 0 spiro atoms. The maximum absolute atomic E-state index is 4.03. The van der Waals surface area contributed by atoms with Gasteiger partial charge in [0.1, 0.15) is 0 Å². The molecule has 0 heterocycles. The van der Waals surface area contributed by atoms with Crippen molar-refractivity contribution in [3.8, 4) is 11.1 Å². The first-order valence-corrected chi connectivity index (χ1v) is 11.1. The molecule has 0 radical (unpaired) electrons. The highest BCUT2D eigenvalue weighted by Gasteiger charge is 2.41. The van der Waals surface area contributed by atoms with Crippen LogP contribution in [0.15, 0.2) is 49.0 Å². The standard InChI is InChI=1S/C27H36/c1-4-7-9-13-19-27(20-14-10-8-5-2)25-16-12-11-15-23(25)24-18-17-22(6-3)21-26(24)27/h6,11-12,15-18,21H,3-5,7-10,13-14,19-20H2,1-2H3. The number of unbranched alkanes of at least 4 members (excludes halogenated alkanes) is 6. The molecule has 0 N–H and O–H groups in total. The molecule has 2 aromatic carbocycles. The summed E-state index contributed by atoms with van der Waals surface area (Å²) in [7, 11) is 0. The Morgan fingerprint density at radius 1 is 0.741 bits per heavy atom. The maximum atomic E-state index is 4.03. The maximum Gasteiger partial charge on any atom is 0.0215 e. The minimum absolute atomic E-state index is 0.201. The minimum Gasteiger partial charge on any atom is -0.0985 e. The Kier molecular flexibility index (Phi) is 6.94. The van der Waals surface area contributed by atoms with Gasteiger partial charge in [0.25, 0.3) is 0 Å². The van der Waals surface area contributed by atoms with Gasteiger partial charge in [0.2, 0.25) is 0 Å². The Labute approximate surface area is 166 Å². The van der Waals surface area contributed by atoms with Gasteiger partial charge in [-0.1, -0.05) is 120 Å². The molecule has 0 aliphatic heterocycles. The van der Waals surface area contributed by atoms with Gasteiger partial charge in [-0.3, -0.25) is 0 Å². The van der Waals surface area contributed by atoms with Gasteiger partial charge in [0.15, 0.2) is 0 Å². The molecular weight excluding hydrogens is 324 g/mol. The number of rotatable bonds is 11. The third kappa shape index (κ3) is 4.05. The average molecular weight is 361 g/mol. The Balaban J connectivity index is 2.01. The van der Waals surface area contributed by atoms with Crippen molar-refractivity contribution >= 4 is 6.08 Å². The predicted octanol–water partition coefficient (Wildman–Crippen LogP) is 8.54. The quantitative estimate of drug-likeness (QED) is 0.352. The highest BCUT2D eigenvalue weighted by atomic mass is 14.4. The zero-order chi connectivity index (χ0) is 19.1. The summed E-state index contributed by atoms with van der Waals surface area (Å²) in [5.74, 6) is 0. The minimum atomic E-state index is 0.201. The van der Waals surface area contributed by atoms with Crippen LogP contribution in [-0.2, 0) is 5.41 Å². The Hall–Kier alpha value is -1.82. The molecule has 0 bridgehead atoms. The fourth-order valence-electron chi connectivity index (χ4n) is 4.97. The van der Waals surface area contributed by atoms with Gasteiger partial charge in [-0.25, -0.2) is 0 Å². The van der Waals surface area contributed by atoms with Gasteiger partial charge < -0.3 is 0 Å². The smallest absolute Gasteiger partial charge is 0.0215 e. The van der Waals surface area contributed by atoms with Crippen LogP contribution >= 0.6 is 0 Å². The molecule has 1 aliphatic carbocycles. The van der Waals surface area contributed by atoms with Gasteiger partial charge in [-0.05, 0) is 40.7 Å². The topological polar surface area (TPSA) is 0 Å². The summed E-state index contributed by atoms with van der Waals surface area (Å²) in [6.07, 6.45) is 15.2. The van der Waals surface area contributed by atoms with E-state index >= 15 is 0 Å². The molecule has 27 heavy (non-hydrogen) atoms. The molecule has 0 fully saturated rings. The van der Waals surface area contributed by atoms with Crippen molar-refractivity contribution in [1.29, 1.82) is 0 Å². The van der Waals surface area contributed by atoms with E-state index in [1.807, 2.05) is 6.08 Å². The molecule has 0 atom stereocenters. The van der Waals surface area contributed by atoms with Gasteiger partial charge in [0, 0.05) is 5.41 Å². The molecule has 2 aromatic rings. The third-order valence-corrected chi connectivity index (χ3v) is 6.44. The molecule has 0 unspecified atom stereocenters. The van der Waals surface area contributed by atoms with Crippen LogP contribution in [0.3, 0.4) is 0 Å². The summed E-state index contributed by atoms with van der Waals surface area (Å²) in [5.41, 5.74) is 7.53. The molecule has 0 heteroatoms. The van der Waals surface area contributed by atoms with Crippen LogP contribution in [0, 0.1) is 0 Å². The second-order valence-electron chi connectivity index (χ2n) is 8.26. The normalized spacial score (nSPS) is 14.0. The van der Waals surface area contributed by atoms with Crippen molar-refractivity contribution in [1.82, 2.24) is 0 Å². The van der Waals surface area contributed by atoms with E-state index < -0.39 is 0 Å².